The van der Waals surface area contributed by atoms with Crippen LogP contribution in [-0.4, -0.2) is 59.8 Å². The number of aromatic nitrogens is 1. The van der Waals surface area contributed by atoms with Gasteiger partial charge in [-0.2, -0.15) is 13.2 Å². The summed E-state index contributed by atoms with van der Waals surface area (Å²) >= 11 is 2.20. The Kier molecular flexibility index (Phi) is 14.3. The fraction of sp³-hybridized carbons (Fsp3) is 0.500. The van der Waals surface area contributed by atoms with Crippen LogP contribution < -0.4 is 37.4 Å². The summed E-state index contributed by atoms with van der Waals surface area (Å²) in [6.45, 7) is 1.93. The number of fused-ring (bicyclic) bond motifs is 2. The van der Waals surface area contributed by atoms with E-state index in [0.717, 1.165) is 69.0 Å². The van der Waals surface area contributed by atoms with Crippen LogP contribution >= 0.6 is 22.4 Å². The predicted octanol–water partition coefficient (Wildman–Crippen LogP) is 5.67. The van der Waals surface area contributed by atoms with Crippen LogP contribution in [0.25, 0.3) is 10.9 Å². The van der Waals surface area contributed by atoms with Crippen LogP contribution in [0.2, 0.25) is 0 Å². The minimum Gasteiger partial charge on any atom is -0.384 e. The van der Waals surface area contributed by atoms with Gasteiger partial charge in [-0.05, 0) is 68.3 Å². The van der Waals surface area contributed by atoms with Crippen molar-refractivity contribution in [2.75, 3.05) is 30.3 Å². The molecule has 3 aromatic rings. The van der Waals surface area contributed by atoms with Crippen molar-refractivity contribution in [1.82, 2.24) is 26.2 Å². The van der Waals surface area contributed by atoms with Gasteiger partial charge in [0.15, 0.2) is 0 Å². The number of urea groups is 1. The van der Waals surface area contributed by atoms with E-state index >= 15 is 0 Å². The number of carbonyl (C=O) groups is 3. The van der Waals surface area contributed by atoms with Gasteiger partial charge in [0.2, 0.25) is 17.4 Å². The van der Waals surface area contributed by atoms with Crippen molar-refractivity contribution in [3.8, 4) is 0 Å². The van der Waals surface area contributed by atoms with Gasteiger partial charge >= 0.3 is 12.2 Å². The Labute approximate surface area is 314 Å². The molecule has 1 fully saturated rings. The molecular formula is C36H46BF3IN7O4. The van der Waals surface area contributed by atoms with E-state index in [2.05, 4.69) is 65.2 Å². The van der Waals surface area contributed by atoms with Gasteiger partial charge in [-0.25, -0.2) is 4.79 Å². The molecule has 2 heterocycles. The number of halogens is 4. The number of hydrogen-bond acceptors (Lipinski definition) is 6. The summed E-state index contributed by atoms with van der Waals surface area (Å²) in [5.74, 6) is -0.523. The summed E-state index contributed by atoms with van der Waals surface area (Å²) in [6.07, 6.45) is 3.22. The van der Waals surface area contributed by atoms with E-state index in [0.29, 0.717) is 31.9 Å². The minimum absolute atomic E-state index is 0.0840. The van der Waals surface area contributed by atoms with E-state index in [9.17, 15) is 32.3 Å². The SMILES string of the molecule is O=C(NCCC1CNc2ccccc21)N[C@@H](CC1CCCCC1)C(=O)N[C@@H](CCCCNBI)C(=O)Nc1ccc2c(C(F)(F)F)cc(=O)[nH]c2c1. The highest BCUT2D eigenvalue weighted by Gasteiger charge is 2.34. The van der Waals surface area contributed by atoms with Crippen LogP contribution in [0.5, 0.6) is 0 Å². The molecule has 3 atom stereocenters. The maximum atomic E-state index is 13.9. The third kappa shape index (κ3) is 11.1. The molecule has 52 heavy (non-hydrogen) atoms. The number of benzene rings is 2. The molecule has 1 unspecified atom stereocenters. The third-order valence-corrected chi connectivity index (χ3v) is 10.4. The smallest absolute Gasteiger partial charge is 0.384 e. The maximum absolute atomic E-state index is 13.9. The molecule has 1 aliphatic carbocycles. The molecular weight excluding hydrogens is 789 g/mol. The van der Waals surface area contributed by atoms with Gasteiger partial charge in [0.25, 0.3) is 5.27 Å². The lowest BCUT2D eigenvalue weighted by Crippen LogP contribution is -2.55. The lowest BCUT2D eigenvalue weighted by molar-refractivity contribution is -0.136. The number of pyridine rings is 1. The second-order valence-corrected chi connectivity index (χ2v) is 14.4. The summed E-state index contributed by atoms with van der Waals surface area (Å²) in [5.41, 5.74) is 0.406. The molecule has 11 nitrogen and oxygen atoms in total. The summed E-state index contributed by atoms with van der Waals surface area (Å²) in [5, 5.41) is 18.6. The van der Waals surface area contributed by atoms with Crippen molar-refractivity contribution >= 4 is 67.8 Å². The van der Waals surface area contributed by atoms with E-state index in [4.69, 9.17) is 0 Å². The average Bonchev–Trinajstić information content (AvgIpc) is 3.53. The molecule has 0 spiro atoms. The van der Waals surface area contributed by atoms with E-state index in [-0.39, 0.29) is 28.4 Å². The van der Waals surface area contributed by atoms with Crippen LogP contribution in [0.3, 0.4) is 0 Å². The normalized spacial score (nSPS) is 17.0. The Morgan fingerprint density at radius 1 is 0.942 bits per heavy atom. The fourth-order valence-electron chi connectivity index (χ4n) is 7.18. The minimum atomic E-state index is -4.74. The first-order valence-corrected chi connectivity index (χ1v) is 19.5. The zero-order valence-electron chi connectivity index (χ0n) is 29.0. The molecule has 280 valence electrons. The van der Waals surface area contributed by atoms with Gasteiger partial charge < -0.3 is 36.8 Å². The molecule has 0 bridgehead atoms. The topological polar surface area (TPSA) is 156 Å². The second-order valence-electron chi connectivity index (χ2n) is 13.6. The lowest BCUT2D eigenvalue weighted by atomic mass is 9.84. The summed E-state index contributed by atoms with van der Waals surface area (Å²) in [4.78, 5) is 55.2. The molecule has 1 saturated carbocycles. The first-order chi connectivity index (χ1) is 25.0. The number of hydrogen-bond donors (Lipinski definition) is 7. The summed E-state index contributed by atoms with van der Waals surface area (Å²) in [7, 11) is 0. The predicted molar refractivity (Wildman–Crippen MR) is 207 cm³/mol. The standard InChI is InChI=1S/C36H46BF3IN7O4/c38-36(39,40)27-20-32(49)46-30-19-24(13-14-26(27)30)45-33(50)29(12-6-7-16-44-37-41)47-34(51)31(18-22-8-2-1-3-9-22)48-35(52)42-17-15-23-21-43-28-11-5-4-10-25(23)28/h4-5,10-11,13-14,19-20,22-23,29,31,37,43-44H,1-3,6-9,12,15-18,21H2,(H,45,50)(H,46,49)(H,47,51)(H2,42,48,52)/t23?,29-,31-/m0/s1. The second kappa shape index (κ2) is 18.8. The highest BCUT2D eigenvalue weighted by Crippen LogP contribution is 2.35. The highest BCUT2D eigenvalue weighted by atomic mass is 127. The molecule has 2 aliphatic rings. The third-order valence-electron chi connectivity index (χ3n) is 9.87. The molecule has 1 aliphatic heterocycles. The number of para-hydroxylation sites is 1. The molecule has 4 amide bonds. The average molecular weight is 836 g/mol. The van der Waals surface area contributed by atoms with Crippen LogP contribution in [0.4, 0.5) is 29.3 Å². The molecule has 1 aromatic heterocycles. The van der Waals surface area contributed by atoms with Gasteiger partial charge in [-0.3, -0.25) is 14.4 Å². The maximum Gasteiger partial charge on any atom is 0.417 e. The zero-order chi connectivity index (χ0) is 37.1. The van der Waals surface area contributed by atoms with Crippen LogP contribution in [0.1, 0.15) is 81.3 Å². The van der Waals surface area contributed by atoms with Crippen LogP contribution in [-0.2, 0) is 15.8 Å². The van der Waals surface area contributed by atoms with Crippen molar-refractivity contribution in [3.05, 3.63) is 70.0 Å². The number of anilines is 2. The Balaban J connectivity index is 1.26. The quantitative estimate of drug-likeness (QED) is 0.0561. The number of aromatic amines is 1. The van der Waals surface area contributed by atoms with Crippen LogP contribution in [0.15, 0.2) is 53.3 Å². The Hall–Kier alpha value is -3.80. The summed E-state index contributed by atoms with van der Waals surface area (Å²) in [6, 6.07) is 10.1. The largest absolute Gasteiger partial charge is 0.417 e. The Bertz CT molecular complexity index is 1750. The Morgan fingerprint density at radius 2 is 1.73 bits per heavy atom. The molecule has 7 N–H and O–H groups in total. The van der Waals surface area contributed by atoms with Crippen molar-refractivity contribution in [3.63, 3.8) is 0 Å². The van der Waals surface area contributed by atoms with Gasteiger partial charge in [-0.15, -0.1) is 22.4 Å². The van der Waals surface area contributed by atoms with Gasteiger partial charge in [0, 0.05) is 41.8 Å². The van der Waals surface area contributed by atoms with Crippen molar-refractivity contribution < 1.29 is 27.6 Å². The van der Waals surface area contributed by atoms with Crippen molar-refractivity contribution in [2.45, 2.75) is 88.4 Å². The number of amides is 4. The number of alkyl halides is 3. The first-order valence-electron chi connectivity index (χ1n) is 18.0. The number of rotatable bonds is 16. The van der Waals surface area contributed by atoms with Gasteiger partial charge in [0.05, 0.1) is 11.1 Å². The van der Waals surface area contributed by atoms with E-state index in [1.54, 1.807) is 0 Å². The van der Waals surface area contributed by atoms with Crippen LogP contribution in [0, 0.1) is 5.92 Å². The molecule has 5 rings (SSSR count). The first kappa shape index (κ1) is 39.4. The number of carbonyl (C=O) groups excluding carboxylic acids is 3. The van der Waals surface area contributed by atoms with Crippen molar-refractivity contribution in [2.24, 2.45) is 5.92 Å². The van der Waals surface area contributed by atoms with Gasteiger partial charge in [0.1, 0.15) is 12.1 Å². The number of H-pyrrole nitrogens is 1. The zero-order valence-corrected chi connectivity index (χ0v) is 31.1. The highest BCUT2D eigenvalue weighted by molar-refractivity contribution is 14.1. The van der Waals surface area contributed by atoms with Gasteiger partial charge in [-0.1, -0.05) is 56.4 Å². The fourth-order valence-corrected chi connectivity index (χ4v) is 7.56. The van der Waals surface area contributed by atoms with E-state index in [1.807, 2.05) is 18.2 Å². The molecule has 0 radical (unpaired) electrons. The van der Waals surface area contributed by atoms with E-state index < -0.39 is 47.2 Å². The van der Waals surface area contributed by atoms with E-state index in [1.165, 1.54) is 23.8 Å². The molecule has 16 heteroatoms. The summed E-state index contributed by atoms with van der Waals surface area (Å²) < 4.78 is 40.8. The Morgan fingerprint density at radius 3 is 2.50 bits per heavy atom. The monoisotopic (exact) mass is 835 g/mol. The number of nitrogens with one attached hydrogen (secondary N) is 7. The lowest BCUT2D eigenvalue weighted by Gasteiger charge is -2.28. The molecule has 2 aromatic carbocycles. The molecule has 0 saturated heterocycles. The number of unbranched alkanes of at least 4 members (excludes halogenated alkanes) is 1. The van der Waals surface area contributed by atoms with Crippen molar-refractivity contribution in [1.29, 1.82) is 0 Å².